The topological polar surface area (TPSA) is 87.0 Å². The van der Waals surface area contributed by atoms with Gasteiger partial charge in [0, 0.05) is 6.61 Å². The molecule has 1 aromatic rings. The van der Waals surface area contributed by atoms with Crippen molar-refractivity contribution in [3.63, 3.8) is 0 Å². The fraction of sp³-hybridized carbons (Fsp3) is 0.462. The quantitative estimate of drug-likeness (QED) is 0.597. The van der Waals surface area contributed by atoms with E-state index in [1.54, 1.807) is 0 Å². The van der Waals surface area contributed by atoms with Gasteiger partial charge in [0.2, 0.25) is 0 Å². The smallest absolute Gasteiger partial charge is 0.335 e. The third kappa shape index (κ3) is 5.27. The molecule has 0 saturated carbocycles. The van der Waals surface area contributed by atoms with Gasteiger partial charge in [-0.25, -0.2) is 4.79 Å². The molecule has 0 saturated heterocycles. The Balaban J connectivity index is 2.10. The molecule has 2 unspecified atom stereocenters. The summed E-state index contributed by atoms with van der Waals surface area (Å²) < 4.78 is 5.37. The molecule has 5 heteroatoms. The van der Waals surface area contributed by atoms with Gasteiger partial charge in [-0.1, -0.05) is 30.3 Å². The molecule has 0 fully saturated rings. The lowest BCUT2D eigenvalue weighted by molar-refractivity contribution is -0.153. The minimum absolute atomic E-state index is 0.197. The van der Waals surface area contributed by atoms with Crippen LogP contribution < -0.4 is 0 Å². The van der Waals surface area contributed by atoms with Gasteiger partial charge in [0.05, 0.1) is 12.7 Å². The number of aliphatic carboxylic acids is 1. The molecule has 0 aliphatic rings. The van der Waals surface area contributed by atoms with E-state index in [9.17, 15) is 9.90 Å². The number of hydrogen-bond donors (Lipinski definition) is 3. The highest BCUT2D eigenvalue weighted by molar-refractivity contribution is 5.72. The van der Waals surface area contributed by atoms with Gasteiger partial charge in [-0.3, -0.25) is 0 Å². The number of benzene rings is 1. The zero-order chi connectivity index (χ0) is 13.4. The molecule has 2 atom stereocenters. The van der Waals surface area contributed by atoms with Crippen molar-refractivity contribution in [2.75, 3.05) is 6.61 Å². The summed E-state index contributed by atoms with van der Waals surface area (Å²) >= 11 is 0. The van der Waals surface area contributed by atoms with Gasteiger partial charge in [-0.15, -0.1) is 0 Å². The highest BCUT2D eigenvalue weighted by atomic mass is 16.5. The van der Waals surface area contributed by atoms with E-state index < -0.39 is 18.2 Å². The number of aliphatic hydroxyl groups is 2. The summed E-state index contributed by atoms with van der Waals surface area (Å²) in [5.41, 5.74) is 1.06. The molecule has 0 aliphatic carbocycles. The van der Waals surface area contributed by atoms with Crippen molar-refractivity contribution in [2.24, 2.45) is 0 Å². The van der Waals surface area contributed by atoms with Crippen molar-refractivity contribution >= 4 is 5.97 Å². The number of aliphatic hydroxyl groups excluding tert-OH is 2. The number of hydrogen-bond acceptors (Lipinski definition) is 4. The molecule has 0 bridgehead atoms. The summed E-state index contributed by atoms with van der Waals surface area (Å²) in [5.74, 6) is -1.41. The Morgan fingerprint density at radius 3 is 2.50 bits per heavy atom. The van der Waals surface area contributed by atoms with E-state index in [4.69, 9.17) is 14.9 Å². The number of rotatable bonds is 8. The van der Waals surface area contributed by atoms with Crippen molar-refractivity contribution in [1.29, 1.82) is 0 Å². The molecule has 5 nitrogen and oxygen atoms in total. The van der Waals surface area contributed by atoms with Crippen LogP contribution in [0.2, 0.25) is 0 Å². The van der Waals surface area contributed by atoms with Crippen molar-refractivity contribution in [3.05, 3.63) is 35.9 Å². The Morgan fingerprint density at radius 2 is 1.89 bits per heavy atom. The summed E-state index contributed by atoms with van der Waals surface area (Å²) in [6.07, 6.45) is -2.28. The highest BCUT2D eigenvalue weighted by Gasteiger charge is 2.22. The van der Waals surface area contributed by atoms with Gasteiger partial charge in [-0.2, -0.15) is 0 Å². The molecule has 0 spiro atoms. The zero-order valence-electron chi connectivity index (χ0n) is 10.0. The standard InChI is InChI=1S/C13H18O5/c14-11(12(15)13(16)17)7-4-8-18-9-10-5-2-1-3-6-10/h1-3,5-6,11-12,14-15H,4,7-9H2,(H,16,17). The molecule has 0 aromatic heterocycles. The minimum atomic E-state index is -1.72. The van der Waals surface area contributed by atoms with E-state index in [-0.39, 0.29) is 6.42 Å². The van der Waals surface area contributed by atoms with E-state index >= 15 is 0 Å². The van der Waals surface area contributed by atoms with Crippen LogP contribution in [0, 0.1) is 0 Å². The fourth-order valence-electron chi connectivity index (χ4n) is 1.48. The van der Waals surface area contributed by atoms with Crippen molar-refractivity contribution in [1.82, 2.24) is 0 Å². The summed E-state index contributed by atoms with van der Waals surface area (Å²) in [6.45, 7) is 0.900. The first-order valence-electron chi connectivity index (χ1n) is 5.82. The summed E-state index contributed by atoms with van der Waals surface area (Å²) in [4.78, 5) is 10.4. The van der Waals surface area contributed by atoms with Crippen LogP contribution in [-0.4, -0.2) is 40.1 Å². The SMILES string of the molecule is O=C(O)C(O)C(O)CCCOCc1ccccc1. The molecule has 0 amide bonds. The van der Waals surface area contributed by atoms with Crippen LogP contribution in [0.1, 0.15) is 18.4 Å². The average Bonchev–Trinajstić information content (AvgIpc) is 2.38. The second kappa shape index (κ2) is 7.81. The normalized spacial score (nSPS) is 14.1. The molecular weight excluding hydrogens is 236 g/mol. The molecule has 3 N–H and O–H groups in total. The molecular formula is C13H18O5. The van der Waals surface area contributed by atoms with Crippen molar-refractivity contribution < 1.29 is 24.9 Å². The van der Waals surface area contributed by atoms with Gasteiger partial charge >= 0.3 is 5.97 Å². The molecule has 100 valence electrons. The number of carboxylic acids is 1. The van der Waals surface area contributed by atoms with Gasteiger partial charge in [0.25, 0.3) is 0 Å². The summed E-state index contributed by atoms with van der Waals surface area (Å²) in [5, 5.41) is 26.8. The second-order valence-electron chi connectivity index (χ2n) is 4.03. The Bertz CT molecular complexity index is 352. The predicted molar refractivity (Wildman–Crippen MR) is 65.0 cm³/mol. The van der Waals surface area contributed by atoms with E-state index in [1.807, 2.05) is 30.3 Å². The fourth-order valence-corrected chi connectivity index (χ4v) is 1.48. The first-order chi connectivity index (χ1) is 8.61. The monoisotopic (exact) mass is 254 g/mol. The van der Waals surface area contributed by atoms with Gasteiger partial charge < -0.3 is 20.1 Å². The number of carbonyl (C=O) groups is 1. The first kappa shape index (κ1) is 14.6. The van der Waals surface area contributed by atoms with Crippen molar-refractivity contribution in [3.8, 4) is 0 Å². The lowest BCUT2D eigenvalue weighted by Gasteiger charge is -2.13. The molecule has 0 radical (unpaired) electrons. The number of carboxylic acid groups (broad SMARTS) is 1. The summed E-state index contributed by atoms with van der Waals surface area (Å²) in [7, 11) is 0. The lowest BCUT2D eigenvalue weighted by Crippen LogP contribution is -2.33. The first-order valence-corrected chi connectivity index (χ1v) is 5.82. The van der Waals surface area contributed by atoms with E-state index in [0.29, 0.717) is 19.6 Å². The number of ether oxygens (including phenoxy) is 1. The molecule has 1 aromatic carbocycles. The molecule has 0 heterocycles. The Kier molecular flexibility index (Phi) is 6.35. The molecule has 1 rings (SSSR count). The largest absolute Gasteiger partial charge is 0.479 e. The van der Waals surface area contributed by atoms with Crippen LogP contribution in [0.15, 0.2) is 30.3 Å². The second-order valence-corrected chi connectivity index (χ2v) is 4.03. The third-order valence-electron chi connectivity index (χ3n) is 2.52. The maximum absolute atomic E-state index is 10.4. The highest BCUT2D eigenvalue weighted by Crippen LogP contribution is 2.05. The average molecular weight is 254 g/mol. The lowest BCUT2D eigenvalue weighted by atomic mass is 10.1. The third-order valence-corrected chi connectivity index (χ3v) is 2.52. The van der Waals surface area contributed by atoms with Gasteiger partial charge in [-0.05, 0) is 18.4 Å². The van der Waals surface area contributed by atoms with Gasteiger partial charge in [0.1, 0.15) is 0 Å². The molecule has 18 heavy (non-hydrogen) atoms. The maximum Gasteiger partial charge on any atom is 0.335 e. The van der Waals surface area contributed by atoms with Gasteiger partial charge in [0.15, 0.2) is 6.10 Å². The predicted octanol–water partition coefficient (Wildman–Crippen LogP) is 0.790. The van der Waals surface area contributed by atoms with Crippen molar-refractivity contribution in [2.45, 2.75) is 31.7 Å². The Morgan fingerprint density at radius 1 is 1.22 bits per heavy atom. The molecule has 0 aliphatic heterocycles. The van der Waals surface area contributed by atoms with E-state index in [2.05, 4.69) is 0 Å². The maximum atomic E-state index is 10.4. The van der Waals surface area contributed by atoms with Crippen LogP contribution in [0.3, 0.4) is 0 Å². The zero-order valence-corrected chi connectivity index (χ0v) is 10.0. The summed E-state index contributed by atoms with van der Waals surface area (Å²) in [6, 6.07) is 9.66. The Hall–Kier alpha value is -1.43. The van der Waals surface area contributed by atoms with Crippen LogP contribution >= 0.6 is 0 Å². The van der Waals surface area contributed by atoms with Crippen LogP contribution in [-0.2, 0) is 16.1 Å². The van der Waals surface area contributed by atoms with E-state index in [0.717, 1.165) is 5.56 Å². The Labute approximate surface area is 106 Å². The van der Waals surface area contributed by atoms with Crippen LogP contribution in [0.25, 0.3) is 0 Å². The van der Waals surface area contributed by atoms with Crippen LogP contribution in [0.4, 0.5) is 0 Å². The van der Waals surface area contributed by atoms with E-state index in [1.165, 1.54) is 0 Å². The van der Waals surface area contributed by atoms with Crippen LogP contribution in [0.5, 0.6) is 0 Å². The minimum Gasteiger partial charge on any atom is -0.479 e.